The summed E-state index contributed by atoms with van der Waals surface area (Å²) < 4.78 is 5.48. The lowest BCUT2D eigenvalue weighted by atomic mass is 9.92. The van der Waals surface area contributed by atoms with Gasteiger partial charge in [0.15, 0.2) is 0 Å². The Labute approximate surface area is 157 Å². The highest BCUT2D eigenvalue weighted by molar-refractivity contribution is 6.09. The highest BCUT2D eigenvalue weighted by Crippen LogP contribution is 2.28. The van der Waals surface area contributed by atoms with Gasteiger partial charge in [-0.05, 0) is 24.6 Å². The Morgan fingerprint density at radius 2 is 1.70 bits per heavy atom. The molecule has 0 aromatic heterocycles. The molecule has 1 atom stereocenters. The zero-order valence-corrected chi connectivity index (χ0v) is 15.0. The molecule has 0 radical (unpaired) electrons. The summed E-state index contributed by atoms with van der Waals surface area (Å²) in [7, 11) is 0. The molecule has 2 aromatic carbocycles. The molecule has 1 aliphatic heterocycles. The van der Waals surface area contributed by atoms with Crippen LogP contribution in [0.5, 0.6) is 5.75 Å². The first-order valence-corrected chi connectivity index (χ1v) is 8.65. The number of urea groups is 1. The van der Waals surface area contributed by atoms with Gasteiger partial charge in [0.2, 0.25) is 5.91 Å². The van der Waals surface area contributed by atoms with Crippen molar-refractivity contribution in [2.75, 3.05) is 19.7 Å². The minimum absolute atomic E-state index is 0.271. The van der Waals surface area contributed by atoms with Crippen molar-refractivity contribution in [1.29, 1.82) is 0 Å². The predicted octanol–water partition coefficient (Wildman–Crippen LogP) is 1.65. The van der Waals surface area contributed by atoms with E-state index in [1.165, 1.54) is 0 Å². The van der Waals surface area contributed by atoms with Gasteiger partial charge >= 0.3 is 6.03 Å². The van der Waals surface area contributed by atoms with Crippen molar-refractivity contribution >= 4 is 17.8 Å². The van der Waals surface area contributed by atoms with Crippen LogP contribution < -0.4 is 15.4 Å². The largest absolute Gasteiger partial charge is 0.492 e. The number of hydrogen-bond acceptors (Lipinski definition) is 4. The van der Waals surface area contributed by atoms with Gasteiger partial charge in [-0.15, -0.1) is 0 Å². The van der Waals surface area contributed by atoms with Gasteiger partial charge in [-0.3, -0.25) is 14.5 Å². The van der Waals surface area contributed by atoms with Gasteiger partial charge in [0.1, 0.15) is 24.4 Å². The van der Waals surface area contributed by atoms with E-state index in [1.807, 2.05) is 36.4 Å². The SMILES string of the molecule is C[C@@]1(c2ccccc2)NC(=O)N(CC(=O)NCCOc2ccccc2)C1=O. The average Bonchev–Trinajstić information content (AvgIpc) is 2.91. The van der Waals surface area contributed by atoms with Gasteiger partial charge in [0, 0.05) is 0 Å². The van der Waals surface area contributed by atoms with Crippen LogP contribution >= 0.6 is 0 Å². The van der Waals surface area contributed by atoms with Crippen molar-refractivity contribution in [2.45, 2.75) is 12.5 Å². The molecule has 1 aliphatic rings. The molecule has 2 N–H and O–H groups in total. The van der Waals surface area contributed by atoms with E-state index < -0.39 is 23.4 Å². The standard InChI is InChI=1S/C20H21N3O4/c1-20(15-8-4-2-5-9-15)18(25)23(19(26)22-20)14-17(24)21-12-13-27-16-10-6-3-7-11-16/h2-11H,12-14H2,1H3,(H,21,24)(H,22,26)/t20-/m0/s1. The highest BCUT2D eigenvalue weighted by atomic mass is 16.5. The number of ether oxygens (including phenoxy) is 1. The third-order valence-corrected chi connectivity index (χ3v) is 4.36. The monoisotopic (exact) mass is 367 g/mol. The van der Waals surface area contributed by atoms with Gasteiger partial charge in [0.25, 0.3) is 5.91 Å². The van der Waals surface area contributed by atoms with Crippen molar-refractivity contribution < 1.29 is 19.1 Å². The zero-order chi connectivity index (χ0) is 19.3. The number of nitrogens with one attached hydrogen (secondary N) is 2. The molecule has 0 bridgehead atoms. The van der Waals surface area contributed by atoms with Crippen LogP contribution in [0.15, 0.2) is 60.7 Å². The minimum atomic E-state index is -1.17. The third kappa shape index (κ3) is 4.08. The summed E-state index contributed by atoms with van der Waals surface area (Å²) in [4.78, 5) is 38.0. The van der Waals surface area contributed by atoms with Crippen molar-refractivity contribution in [2.24, 2.45) is 0 Å². The maximum Gasteiger partial charge on any atom is 0.325 e. The van der Waals surface area contributed by atoms with Crippen LogP contribution in [0.4, 0.5) is 4.79 Å². The number of para-hydroxylation sites is 1. The summed E-state index contributed by atoms with van der Waals surface area (Å²) in [6.45, 7) is 1.86. The van der Waals surface area contributed by atoms with Crippen LogP contribution in [-0.4, -0.2) is 42.4 Å². The molecule has 2 aromatic rings. The van der Waals surface area contributed by atoms with E-state index in [-0.39, 0.29) is 19.7 Å². The number of carbonyl (C=O) groups is 3. The minimum Gasteiger partial charge on any atom is -0.492 e. The Morgan fingerprint density at radius 1 is 1.07 bits per heavy atom. The Morgan fingerprint density at radius 3 is 2.37 bits per heavy atom. The lowest BCUT2D eigenvalue weighted by Crippen LogP contribution is -2.43. The fourth-order valence-electron chi connectivity index (χ4n) is 2.88. The molecule has 1 heterocycles. The number of amides is 4. The van der Waals surface area contributed by atoms with Gasteiger partial charge in [-0.1, -0.05) is 48.5 Å². The first-order chi connectivity index (χ1) is 13.0. The summed E-state index contributed by atoms with van der Waals surface area (Å²) >= 11 is 0. The quantitative estimate of drug-likeness (QED) is 0.575. The first kappa shape index (κ1) is 18.4. The second-order valence-corrected chi connectivity index (χ2v) is 6.32. The van der Waals surface area contributed by atoms with Crippen molar-refractivity contribution in [3.05, 3.63) is 66.2 Å². The van der Waals surface area contributed by atoms with Crippen LogP contribution in [0.3, 0.4) is 0 Å². The van der Waals surface area contributed by atoms with Crippen molar-refractivity contribution in [1.82, 2.24) is 15.5 Å². The van der Waals surface area contributed by atoms with E-state index in [0.29, 0.717) is 11.3 Å². The number of nitrogens with zero attached hydrogens (tertiary/aromatic N) is 1. The van der Waals surface area contributed by atoms with E-state index in [9.17, 15) is 14.4 Å². The zero-order valence-electron chi connectivity index (χ0n) is 15.0. The molecule has 0 aliphatic carbocycles. The second kappa shape index (κ2) is 7.90. The molecule has 27 heavy (non-hydrogen) atoms. The summed E-state index contributed by atoms with van der Waals surface area (Å²) in [5, 5.41) is 5.32. The van der Waals surface area contributed by atoms with E-state index in [2.05, 4.69) is 10.6 Å². The topological polar surface area (TPSA) is 87.7 Å². The summed E-state index contributed by atoms with van der Waals surface area (Å²) in [5.41, 5.74) is -0.503. The van der Waals surface area contributed by atoms with Gasteiger partial charge in [-0.2, -0.15) is 0 Å². The average molecular weight is 367 g/mol. The molecule has 0 saturated carbocycles. The molecular formula is C20H21N3O4. The maximum atomic E-state index is 12.7. The number of benzene rings is 2. The predicted molar refractivity (Wildman–Crippen MR) is 99.0 cm³/mol. The highest BCUT2D eigenvalue weighted by Gasteiger charge is 2.49. The molecule has 140 valence electrons. The Hall–Kier alpha value is -3.35. The van der Waals surface area contributed by atoms with Gasteiger partial charge in [-0.25, -0.2) is 4.79 Å². The molecule has 0 spiro atoms. The molecule has 7 heteroatoms. The smallest absolute Gasteiger partial charge is 0.325 e. The van der Waals surface area contributed by atoms with Crippen LogP contribution in [0, 0.1) is 0 Å². The first-order valence-electron chi connectivity index (χ1n) is 8.65. The van der Waals surface area contributed by atoms with Crippen LogP contribution in [0.1, 0.15) is 12.5 Å². The molecule has 0 unspecified atom stereocenters. The van der Waals surface area contributed by atoms with E-state index in [0.717, 1.165) is 4.90 Å². The molecular weight excluding hydrogens is 346 g/mol. The molecule has 4 amide bonds. The summed E-state index contributed by atoms with van der Waals surface area (Å²) in [6.07, 6.45) is 0. The fraction of sp³-hybridized carbons (Fsp3) is 0.250. The molecule has 3 rings (SSSR count). The van der Waals surface area contributed by atoms with E-state index >= 15 is 0 Å². The number of imide groups is 1. The second-order valence-electron chi connectivity index (χ2n) is 6.32. The Balaban J connectivity index is 1.52. The van der Waals surface area contributed by atoms with Gasteiger partial charge in [0.05, 0.1) is 6.54 Å². The summed E-state index contributed by atoms with van der Waals surface area (Å²) in [6, 6.07) is 17.6. The van der Waals surface area contributed by atoms with Crippen LogP contribution in [-0.2, 0) is 15.1 Å². The van der Waals surface area contributed by atoms with Crippen LogP contribution in [0.25, 0.3) is 0 Å². The molecule has 1 saturated heterocycles. The summed E-state index contributed by atoms with van der Waals surface area (Å²) in [5.74, 6) is -0.165. The lowest BCUT2D eigenvalue weighted by molar-refractivity contribution is -0.134. The van der Waals surface area contributed by atoms with E-state index in [1.54, 1.807) is 31.2 Å². The van der Waals surface area contributed by atoms with Gasteiger partial charge < -0.3 is 15.4 Å². The van der Waals surface area contributed by atoms with Crippen LogP contribution in [0.2, 0.25) is 0 Å². The Kier molecular flexibility index (Phi) is 5.40. The van der Waals surface area contributed by atoms with E-state index in [4.69, 9.17) is 4.74 Å². The fourth-order valence-corrected chi connectivity index (χ4v) is 2.88. The van der Waals surface area contributed by atoms with Crippen molar-refractivity contribution in [3.63, 3.8) is 0 Å². The Bertz CT molecular complexity index is 826. The normalized spacial score (nSPS) is 18.9. The number of rotatable bonds is 7. The molecule has 7 nitrogen and oxygen atoms in total. The van der Waals surface area contributed by atoms with Crippen molar-refractivity contribution in [3.8, 4) is 5.75 Å². The number of carbonyl (C=O) groups excluding carboxylic acids is 3. The maximum absolute atomic E-state index is 12.7. The number of hydrogen-bond donors (Lipinski definition) is 2. The molecule has 1 fully saturated rings. The lowest BCUT2D eigenvalue weighted by Gasteiger charge is -2.22. The third-order valence-electron chi connectivity index (χ3n) is 4.36.